The number of hydrogen-bond acceptors (Lipinski definition) is 8. The largest absolute Gasteiger partial charge is 0.416 e. The van der Waals surface area contributed by atoms with Crippen molar-refractivity contribution in [2.24, 2.45) is 0 Å². The highest BCUT2D eigenvalue weighted by Crippen LogP contribution is 2.24. The summed E-state index contributed by atoms with van der Waals surface area (Å²) in [6, 6.07) is 9.15. The zero-order valence-corrected chi connectivity index (χ0v) is 22.5. The van der Waals surface area contributed by atoms with E-state index in [0.29, 0.717) is 35.7 Å². The molecule has 3 aromatic heterocycles. The van der Waals surface area contributed by atoms with Crippen molar-refractivity contribution in [3.8, 4) is 17.1 Å². The third kappa shape index (κ3) is 6.33. The zero-order chi connectivity index (χ0) is 30.0. The van der Waals surface area contributed by atoms with E-state index in [-0.39, 0.29) is 36.5 Å². The number of anilines is 1. The lowest BCUT2D eigenvalue weighted by Gasteiger charge is -2.15. The van der Waals surface area contributed by atoms with Crippen LogP contribution in [0.5, 0.6) is 0 Å². The van der Waals surface area contributed by atoms with Gasteiger partial charge in [0.25, 0.3) is 0 Å². The van der Waals surface area contributed by atoms with E-state index in [1.165, 1.54) is 46.4 Å². The smallest absolute Gasteiger partial charge is 0.382 e. The fourth-order valence-electron chi connectivity index (χ4n) is 4.31. The Morgan fingerprint density at radius 1 is 1.12 bits per heavy atom. The van der Waals surface area contributed by atoms with Gasteiger partial charge in [-0.25, -0.2) is 24.1 Å². The molecule has 0 aliphatic carbocycles. The van der Waals surface area contributed by atoms with Gasteiger partial charge < -0.3 is 15.3 Å². The Hall–Kier alpha value is -4.57. The zero-order valence-electron chi connectivity index (χ0n) is 21.7. The summed E-state index contributed by atoms with van der Waals surface area (Å²) in [6.45, 7) is -1.02. The van der Waals surface area contributed by atoms with Crippen LogP contribution in [0, 0.1) is 0 Å². The molecular formula is C25H23ClF3N9O4. The topological polar surface area (TPSA) is 153 Å². The van der Waals surface area contributed by atoms with E-state index in [1.54, 1.807) is 12.1 Å². The predicted octanol–water partition coefficient (Wildman–Crippen LogP) is 1.87. The van der Waals surface area contributed by atoms with Crippen molar-refractivity contribution in [1.29, 1.82) is 0 Å². The molecular weight excluding hydrogens is 583 g/mol. The minimum absolute atomic E-state index is 0.0737. The van der Waals surface area contributed by atoms with Crippen molar-refractivity contribution < 1.29 is 27.9 Å². The van der Waals surface area contributed by atoms with Gasteiger partial charge in [-0.2, -0.15) is 13.2 Å². The number of benzene rings is 1. The fourth-order valence-corrected chi connectivity index (χ4v) is 4.44. The maximum atomic E-state index is 13.1. The van der Waals surface area contributed by atoms with Crippen LogP contribution >= 0.6 is 11.6 Å². The molecule has 17 heteroatoms. The molecule has 4 heterocycles. The number of nitrogens with zero attached hydrogens (tertiary/aromatic N) is 8. The normalized spacial score (nSPS) is 14.4. The number of alkyl halides is 3. The highest BCUT2D eigenvalue weighted by molar-refractivity contribution is 6.30. The second-order valence-corrected chi connectivity index (χ2v) is 9.82. The van der Waals surface area contributed by atoms with Gasteiger partial charge in [0.15, 0.2) is 23.6 Å². The summed E-state index contributed by atoms with van der Waals surface area (Å²) in [5.74, 6) is -0.438. The van der Waals surface area contributed by atoms with Gasteiger partial charge in [0.2, 0.25) is 11.8 Å². The van der Waals surface area contributed by atoms with E-state index in [4.69, 9.17) is 11.6 Å². The highest BCUT2D eigenvalue weighted by atomic mass is 35.5. The molecule has 1 aliphatic rings. The number of aliphatic hydroxyl groups is 1. The van der Waals surface area contributed by atoms with Crippen LogP contribution in [0.2, 0.25) is 5.02 Å². The Bertz CT molecular complexity index is 1670. The summed E-state index contributed by atoms with van der Waals surface area (Å²) >= 11 is 5.92. The molecule has 220 valence electrons. The Balaban J connectivity index is 1.39. The van der Waals surface area contributed by atoms with Gasteiger partial charge in [0.05, 0.1) is 13.1 Å². The minimum atomic E-state index is -4.96. The molecule has 0 spiro atoms. The molecule has 1 aromatic carbocycles. The molecule has 1 fully saturated rings. The first-order chi connectivity index (χ1) is 20.0. The van der Waals surface area contributed by atoms with Gasteiger partial charge in [-0.05, 0) is 42.8 Å². The lowest BCUT2D eigenvalue weighted by Crippen LogP contribution is -2.37. The standard InChI is InChI=1S/C25H23ClF3N9O4/c26-16-7-5-15(6-8-16)23-34-37(24(42)36(23)11-18(39)25(27,28)29)12-19-31-14-38(33-19)17-3-1-9-30-22(17)32-20(40)13-35-10-2-4-21(35)41/h1,3,5-9,14,18,39H,2,4,10-13H2,(H,30,32,40)/t18-/m0/s1. The summed E-state index contributed by atoms with van der Waals surface area (Å²) < 4.78 is 42.3. The maximum Gasteiger partial charge on any atom is 0.416 e. The van der Waals surface area contributed by atoms with E-state index < -0.39 is 30.4 Å². The molecule has 4 aromatic rings. The number of nitrogens with one attached hydrogen (secondary N) is 1. The van der Waals surface area contributed by atoms with Crippen LogP contribution in [0.25, 0.3) is 17.1 Å². The average Bonchev–Trinajstić information content (AvgIpc) is 3.65. The summed E-state index contributed by atoms with van der Waals surface area (Å²) in [7, 11) is 0. The molecule has 13 nitrogen and oxygen atoms in total. The van der Waals surface area contributed by atoms with Crippen molar-refractivity contribution in [2.75, 3.05) is 18.4 Å². The van der Waals surface area contributed by atoms with Crippen LogP contribution in [0.4, 0.5) is 19.0 Å². The molecule has 1 atom stereocenters. The molecule has 2 amide bonds. The number of aromatic nitrogens is 7. The average molecular weight is 606 g/mol. The van der Waals surface area contributed by atoms with Crippen LogP contribution in [0.15, 0.2) is 53.7 Å². The molecule has 0 saturated carbocycles. The van der Waals surface area contributed by atoms with Crippen LogP contribution in [-0.2, 0) is 22.7 Å². The Kier molecular flexibility index (Phi) is 8.08. The van der Waals surface area contributed by atoms with Gasteiger partial charge in [0.1, 0.15) is 18.6 Å². The predicted molar refractivity (Wildman–Crippen MR) is 142 cm³/mol. The summed E-state index contributed by atoms with van der Waals surface area (Å²) in [5, 5.41) is 21.2. The third-order valence-electron chi connectivity index (χ3n) is 6.39. The van der Waals surface area contributed by atoms with Crippen molar-refractivity contribution in [1.82, 2.24) is 39.0 Å². The first-order valence-corrected chi connectivity index (χ1v) is 13.0. The van der Waals surface area contributed by atoms with E-state index >= 15 is 0 Å². The fraction of sp³-hybridized carbons (Fsp3) is 0.320. The monoisotopic (exact) mass is 605 g/mol. The molecule has 0 unspecified atom stereocenters. The number of carbonyl (C=O) groups is 2. The van der Waals surface area contributed by atoms with Crippen LogP contribution in [0.1, 0.15) is 18.7 Å². The number of aliphatic hydroxyl groups excluding tert-OH is 1. The van der Waals surface area contributed by atoms with Gasteiger partial charge in [-0.3, -0.25) is 14.2 Å². The molecule has 42 heavy (non-hydrogen) atoms. The molecule has 5 rings (SSSR count). The van der Waals surface area contributed by atoms with Crippen molar-refractivity contribution in [2.45, 2.75) is 38.2 Å². The Morgan fingerprint density at radius 3 is 2.57 bits per heavy atom. The van der Waals surface area contributed by atoms with Gasteiger partial charge >= 0.3 is 11.9 Å². The number of hydrogen-bond donors (Lipinski definition) is 2. The first kappa shape index (κ1) is 28.9. The lowest BCUT2D eigenvalue weighted by atomic mass is 10.2. The molecule has 0 bridgehead atoms. The highest BCUT2D eigenvalue weighted by Gasteiger charge is 2.39. The molecule has 1 aliphatic heterocycles. The number of carbonyl (C=O) groups excluding carboxylic acids is 2. The lowest BCUT2D eigenvalue weighted by molar-refractivity contribution is -0.207. The van der Waals surface area contributed by atoms with E-state index in [0.717, 1.165) is 9.25 Å². The third-order valence-corrected chi connectivity index (χ3v) is 6.64. The van der Waals surface area contributed by atoms with Crippen molar-refractivity contribution >= 4 is 29.2 Å². The van der Waals surface area contributed by atoms with E-state index in [1.807, 2.05) is 0 Å². The molecule has 0 radical (unpaired) electrons. The number of amides is 2. The SMILES string of the molecule is O=C(CN1CCCC1=O)Nc1ncccc1-n1cnc(Cn2nc(-c3ccc(Cl)cc3)n(C[C@H](O)C(F)(F)F)c2=O)n1. The van der Waals surface area contributed by atoms with Crippen molar-refractivity contribution in [3.63, 3.8) is 0 Å². The van der Waals surface area contributed by atoms with Gasteiger partial charge in [0, 0.05) is 29.7 Å². The Labute approximate surface area is 240 Å². The molecule has 1 saturated heterocycles. The maximum absolute atomic E-state index is 13.1. The van der Waals surface area contributed by atoms with Gasteiger partial charge in [-0.15, -0.1) is 10.2 Å². The van der Waals surface area contributed by atoms with Crippen LogP contribution in [0.3, 0.4) is 0 Å². The minimum Gasteiger partial charge on any atom is -0.382 e. The summed E-state index contributed by atoms with van der Waals surface area (Å²) in [6.07, 6.45) is -3.91. The number of pyridine rings is 1. The molecule has 2 N–H and O–H groups in total. The van der Waals surface area contributed by atoms with Gasteiger partial charge in [-0.1, -0.05) is 11.6 Å². The quantitative estimate of drug-likeness (QED) is 0.293. The second kappa shape index (κ2) is 11.7. The number of likely N-dealkylation sites (tertiary alicyclic amines) is 1. The van der Waals surface area contributed by atoms with Crippen LogP contribution < -0.4 is 11.0 Å². The number of rotatable bonds is 9. The second-order valence-electron chi connectivity index (χ2n) is 9.38. The number of halogens is 4. The van der Waals surface area contributed by atoms with Crippen molar-refractivity contribution in [3.05, 3.63) is 70.3 Å². The van der Waals surface area contributed by atoms with E-state index in [2.05, 4.69) is 25.5 Å². The summed E-state index contributed by atoms with van der Waals surface area (Å²) in [5.41, 5.74) is -0.287. The van der Waals surface area contributed by atoms with Crippen LogP contribution in [-0.4, -0.2) is 81.3 Å². The Morgan fingerprint density at radius 2 is 1.88 bits per heavy atom. The summed E-state index contributed by atoms with van der Waals surface area (Å²) in [4.78, 5) is 47.3. The van der Waals surface area contributed by atoms with E-state index in [9.17, 15) is 32.7 Å². The first-order valence-electron chi connectivity index (χ1n) is 12.6.